The van der Waals surface area contributed by atoms with Crippen molar-refractivity contribution in [1.29, 1.82) is 0 Å². The quantitative estimate of drug-likeness (QED) is 0.789. The molecule has 1 aromatic carbocycles. The van der Waals surface area contributed by atoms with Gasteiger partial charge in [-0.1, -0.05) is 16.8 Å². The standard InChI is InChI=1S/C11H8ClF2N3O/c1-5-10(6(2)18)15-16-17(5)11-8(12)3-7(13)4-9(11)14/h3-4H,1-2H3. The third-order valence-electron chi connectivity index (χ3n) is 2.42. The summed E-state index contributed by atoms with van der Waals surface area (Å²) in [6.45, 7) is 2.87. The van der Waals surface area contributed by atoms with Gasteiger partial charge in [0.05, 0.1) is 10.7 Å². The van der Waals surface area contributed by atoms with Crippen LogP contribution in [0.3, 0.4) is 0 Å². The van der Waals surface area contributed by atoms with E-state index in [0.29, 0.717) is 11.8 Å². The summed E-state index contributed by atoms with van der Waals surface area (Å²) in [6.07, 6.45) is 0. The maximum absolute atomic E-state index is 13.7. The molecule has 0 spiro atoms. The minimum atomic E-state index is -0.872. The SMILES string of the molecule is CC(=O)c1nnn(-c2c(F)cc(F)cc2Cl)c1C. The van der Waals surface area contributed by atoms with E-state index in [1.165, 1.54) is 6.92 Å². The summed E-state index contributed by atoms with van der Waals surface area (Å²) in [5, 5.41) is 7.16. The first-order chi connectivity index (χ1) is 8.41. The van der Waals surface area contributed by atoms with Crippen molar-refractivity contribution in [1.82, 2.24) is 15.0 Å². The van der Waals surface area contributed by atoms with Crippen LogP contribution in [0.2, 0.25) is 5.02 Å². The summed E-state index contributed by atoms with van der Waals surface area (Å²) in [5.74, 6) is -1.95. The Morgan fingerprint density at radius 3 is 2.56 bits per heavy atom. The second-order valence-corrected chi connectivity index (χ2v) is 4.12. The zero-order chi connectivity index (χ0) is 13.4. The van der Waals surface area contributed by atoms with Gasteiger partial charge in [0.2, 0.25) is 0 Å². The molecule has 0 N–H and O–H groups in total. The number of carbonyl (C=O) groups excluding carboxylic acids is 1. The largest absolute Gasteiger partial charge is 0.293 e. The Labute approximate surface area is 106 Å². The van der Waals surface area contributed by atoms with E-state index in [9.17, 15) is 13.6 Å². The number of hydrogen-bond donors (Lipinski definition) is 0. The minimum absolute atomic E-state index is 0.120. The summed E-state index contributed by atoms with van der Waals surface area (Å²) in [6, 6.07) is 1.66. The zero-order valence-electron chi connectivity index (χ0n) is 9.54. The highest BCUT2D eigenvalue weighted by Gasteiger charge is 2.19. The van der Waals surface area contributed by atoms with E-state index in [0.717, 1.165) is 10.7 Å². The number of carbonyl (C=O) groups is 1. The predicted molar refractivity (Wildman–Crippen MR) is 61.0 cm³/mol. The van der Waals surface area contributed by atoms with Crippen molar-refractivity contribution >= 4 is 17.4 Å². The number of nitrogens with zero attached hydrogens (tertiary/aromatic N) is 3. The van der Waals surface area contributed by atoms with Crippen LogP contribution in [0.15, 0.2) is 12.1 Å². The third kappa shape index (κ3) is 1.99. The van der Waals surface area contributed by atoms with Crippen molar-refractivity contribution in [3.63, 3.8) is 0 Å². The van der Waals surface area contributed by atoms with Gasteiger partial charge in [-0.2, -0.15) is 0 Å². The lowest BCUT2D eigenvalue weighted by atomic mass is 10.2. The smallest absolute Gasteiger partial charge is 0.181 e. The van der Waals surface area contributed by atoms with Gasteiger partial charge >= 0.3 is 0 Å². The summed E-state index contributed by atoms with van der Waals surface area (Å²) in [4.78, 5) is 11.2. The molecule has 18 heavy (non-hydrogen) atoms. The molecule has 0 radical (unpaired) electrons. The van der Waals surface area contributed by atoms with Crippen molar-refractivity contribution in [2.24, 2.45) is 0 Å². The summed E-state index contributed by atoms with van der Waals surface area (Å²) < 4.78 is 27.7. The van der Waals surface area contributed by atoms with E-state index in [1.54, 1.807) is 6.92 Å². The fourth-order valence-electron chi connectivity index (χ4n) is 1.60. The van der Waals surface area contributed by atoms with Crippen molar-refractivity contribution in [2.75, 3.05) is 0 Å². The van der Waals surface area contributed by atoms with Crippen molar-refractivity contribution in [2.45, 2.75) is 13.8 Å². The van der Waals surface area contributed by atoms with Crippen LogP contribution in [0.25, 0.3) is 5.69 Å². The summed E-state index contributed by atoms with van der Waals surface area (Å²) >= 11 is 5.78. The molecule has 0 amide bonds. The molecule has 0 atom stereocenters. The molecule has 0 fully saturated rings. The fourth-order valence-corrected chi connectivity index (χ4v) is 1.88. The molecule has 2 rings (SSSR count). The van der Waals surface area contributed by atoms with Gasteiger partial charge in [0.25, 0.3) is 0 Å². The van der Waals surface area contributed by atoms with Gasteiger partial charge in [-0.3, -0.25) is 4.79 Å². The molecule has 7 heteroatoms. The molecule has 0 aliphatic heterocycles. The van der Waals surface area contributed by atoms with Crippen LogP contribution in [-0.4, -0.2) is 20.8 Å². The van der Waals surface area contributed by atoms with E-state index < -0.39 is 11.6 Å². The Balaban J connectivity index is 2.67. The first kappa shape index (κ1) is 12.6. The van der Waals surface area contributed by atoms with Crippen LogP contribution in [-0.2, 0) is 0 Å². The maximum atomic E-state index is 13.7. The fraction of sp³-hybridized carbons (Fsp3) is 0.182. The normalized spacial score (nSPS) is 10.7. The highest BCUT2D eigenvalue weighted by molar-refractivity contribution is 6.32. The number of rotatable bonds is 2. The molecule has 2 aromatic rings. The van der Waals surface area contributed by atoms with Gasteiger partial charge in [-0.15, -0.1) is 5.10 Å². The predicted octanol–water partition coefficient (Wildman–Crippen LogP) is 2.71. The lowest BCUT2D eigenvalue weighted by Gasteiger charge is -2.07. The minimum Gasteiger partial charge on any atom is -0.293 e. The lowest BCUT2D eigenvalue weighted by molar-refractivity contribution is 0.101. The van der Waals surface area contributed by atoms with Crippen molar-refractivity contribution < 1.29 is 13.6 Å². The first-order valence-electron chi connectivity index (χ1n) is 5.00. The number of halogens is 3. The molecule has 0 unspecified atom stereocenters. The van der Waals surface area contributed by atoms with Crippen molar-refractivity contribution in [3.8, 4) is 5.69 Å². The molecular formula is C11H8ClF2N3O. The molecule has 0 saturated heterocycles. The molecule has 1 aromatic heterocycles. The van der Waals surface area contributed by atoms with Crippen LogP contribution < -0.4 is 0 Å². The molecule has 0 bridgehead atoms. The van der Waals surface area contributed by atoms with Crippen LogP contribution in [0.1, 0.15) is 23.1 Å². The van der Waals surface area contributed by atoms with E-state index in [-0.39, 0.29) is 22.2 Å². The maximum Gasteiger partial charge on any atom is 0.181 e. The first-order valence-corrected chi connectivity index (χ1v) is 5.37. The summed E-state index contributed by atoms with van der Waals surface area (Å²) in [7, 11) is 0. The lowest BCUT2D eigenvalue weighted by Crippen LogP contribution is -2.05. The van der Waals surface area contributed by atoms with Gasteiger partial charge in [0, 0.05) is 13.0 Å². The summed E-state index contributed by atoms with van der Waals surface area (Å²) in [5.41, 5.74) is 0.334. The van der Waals surface area contributed by atoms with E-state index >= 15 is 0 Å². The van der Waals surface area contributed by atoms with Gasteiger partial charge in [0.15, 0.2) is 17.3 Å². The van der Waals surface area contributed by atoms with Crippen LogP contribution in [0.5, 0.6) is 0 Å². The second-order valence-electron chi connectivity index (χ2n) is 3.71. The highest BCUT2D eigenvalue weighted by Crippen LogP contribution is 2.26. The average molecular weight is 272 g/mol. The van der Waals surface area contributed by atoms with E-state index in [4.69, 9.17) is 11.6 Å². The molecule has 0 aliphatic rings. The zero-order valence-corrected chi connectivity index (χ0v) is 10.3. The van der Waals surface area contributed by atoms with E-state index in [1.807, 2.05) is 0 Å². The molecule has 1 heterocycles. The van der Waals surface area contributed by atoms with E-state index in [2.05, 4.69) is 10.3 Å². The number of benzene rings is 1. The Kier molecular flexibility index (Phi) is 3.13. The number of ketones is 1. The molecule has 0 saturated carbocycles. The second kappa shape index (κ2) is 4.45. The monoisotopic (exact) mass is 271 g/mol. The molecule has 4 nitrogen and oxygen atoms in total. The van der Waals surface area contributed by atoms with Gasteiger partial charge < -0.3 is 0 Å². The number of Topliss-reactive ketones (excluding diaryl/α,β-unsaturated/α-hetero) is 1. The highest BCUT2D eigenvalue weighted by atomic mass is 35.5. The average Bonchev–Trinajstić information content (AvgIpc) is 2.59. The Hall–Kier alpha value is -1.82. The van der Waals surface area contributed by atoms with Gasteiger partial charge in [-0.25, -0.2) is 13.5 Å². The molecule has 94 valence electrons. The van der Waals surface area contributed by atoms with Crippen LogP contribution in [0.4, 0.5) is 8.78 Å². The Bertz CT molecular complexity index is 616. The van der Waals surface area contributed by atoms with Gasteiger partial charge in [0.1, 0.15) is 11.5 Å². The number of aromatic nitrogens is 3. The molecule has 0 aliphatic carbocycles. The Morgan fingerprint density at radius 1 is 1.39 bits per heavy atom. The Morgan fingerprint density at radius 2 is 2.06 bits per heavy atom. The van der Waals surface area contributed by atoms with Gasteiger partial charge in [-0.05, 0) is 13.0 Å². The topological polar surface area (TPSA) is 47.8 Å². The van der Waals surface area contributed by atoms with Crippen LogP contribution in [0, 0.1) is 18.6 Å². The third-order valence-corrected chi connectivity index (χ3v) is 2.71. The molecular weight excluding hydrogens is 264 g/mol. The van der Waals surface area contributed by atoms with Crippen LogP contribution >= 0.6 is 11.6 Å². The number of hydrogen-bond acceptors (Lipinski definition) is 3. The van der Waals surface area contributed by atoms with Crippen molar-refractivity contribution in [3.05, 3.63) is 40.2 Å².